The molecule has 0 aliphatic rings. The molecule has 0 aromatic heterocycles. The second-order valence-electron chi connectivity index (χ2n) is 3.05. The molecule has 0 saturated carbocycles. The van der Waals surface area contributed by atoms with Gasteiger partial charge < -0.3 is 11.5 Å². The lowest BCUT2D eigenvalue weighted by Crippen LogP contribution is -2.40. The van der Waals surface area contributed by atoms with Crippen molar-refractivity contribution in [2.45, 2.75) is 5.92 Å². The molecule has 0 spiro atoms. The molecule has 5 N–H and O–H groups in total. The first-order valence-electron chi connectivity index (χ1n) is 4.50. The van der Waals surface area contributed by atoms with Crippen LogP contribution in [0, 0.1) is 0 Å². The molecule has 0 saturated heterocycles. The Morgan fingerprint density at radius 2 is 1.87 bits per heavy atom. The van der Waals surface area contributed by atoms with Gasteiger partial charge in [0.2, 0.25) is 5.91 Å². The monoisotopic (exact) mass is 207 g/mol. The van der Waals surface area contributed by atoms with Gasteiger partial charge in [0.15, 0.2) is 0 Å². The molecule has 5 heteroatoms. The molecule has 0 aliphatic heterocycles. The highest BCUT2D eigenvalue weighted by Crippen LogP contribution is 2.13. The predicted octanol–water partition coefficient (Wildman–Crippen LogP) is -0.0762. The fourth-order valence-electron chi connectivity index (χ4n) is 1.29. The van der Waals surface area contributed by atoms with Crippen LogP contribution in [0.5, 0.6) is 0 Å². The minimum atomic E-state index is -0.866. The van der Waals surface area contributed by atoms with Crippen LogP contribution < -0.4 is 16.8 Å². The molecule has 1 unspecified atom stereocenters. The smallest absolute Gasteiger partial charge is 0.318 e. The van der Waals surface area contributed by atoms with Crippen molar-refractivity contribution in [1.82, 2.24) is 5.32 Å². The second-order valence-corrected chi connectivity index (χ2v) is 3.05. The van der Waals surface area contributed by atoms with Crippen LogP contribution >= 0.6 is 0 Å². The molecule has 0 aliphatic carbocycles. The molecule has 0 heterocycles. The van der Waals surface area contributed by atoms with Crippen molar-refractivity contribution in [2.24, 2.45) is 11.5 Å². The van der Waals surface area contributed by atoms with Crippen molar-refractivity contribution in [1.29, 1.82) is 0 Å². The maximum atomic E-state index is 11.5. The van der Waals surface area contributed by atoms with Gasteiger partial charge in [-0.25, -0.2) is 4.79 Å². The standard InChI is InChI=1S/C10H13N3O2/c11-6-8(9(14)13-10(12)15)7-4-2-1-3-5-7/h1-5,8H,6,11H2,(H3,12,13,14,15). The van der Waals surface area contributed by atoms with E-state index in [9.17, 15) is 9.59 Å². The van der Waals surface area contributed by atoms with Crippen LogP contribution in [0.4, 0.5) is 4.79 Å². The summed E-state index contributed by atoms with van der Waals surface area (Å²) in [6.07, 6.45) is 0. The topological polar surface area (TPSA) is 98.2 Å². The Hall–Kier alpha value is -1.88. The van der Waals surface area contributed by atoms with E-state index in [1.165, 1.54) is 0 Å². The summed E-state index contributed by atoms with van der Waals surface area (Å²) in [6, 6.07) is 8.12. The number of rotatable bonds is 3. The van der Waals surface area contributed by atoms with Crippen LogP contribution in [-0.4, -0.2) is 18.5 Å². The molecule has 5 nitrogen and oxygen atoms in total. The first-order valence-corrected chi connectivity index (χ1v) is 4.50. The number of benzene rings is 1. The van der Waals surface area contributed by atoms with E-state index in [4.69, 9.17) is 11.5 Å². The third-order valence-electron chi connectivity index (χ3n) is 2.00. The minimum Gasteiger partial charge on any atom is -0.351 e. The first kappa shape index (κ1) is 11.2. The van der Waals surface area contributed by atoms with Gasteiger partial charge in [-0.05, 0) is 5.56 Å². The first-order chi connectivity index (χ1) is 7.15. The summed E-state index contributed by atoms with van der Waals surface area (Å²) in [7, 11) is 0. The Morgan fingerprint density at radius 3 is 2.33 bits per heavy atom. The van der Waals surface area contributed by atoms with Crippen LogP contribution in [0.3, 0.4) is 0 Å². The predicted molar refractivity (Wildman–Crippen MR) is 56.0 cm³/mol. The Balaban J connectivity index is 2.80. The van der Waals surface area contributed by atoms with Gasteiger partial charge in [0.1, 0.15) is 0 Å². The molecule has 1 atom stereocenters. The summed E-state index contributed by atoms with van der Waals surface area (Å²) < 4.78 is 0. The van der Waals surface area contributed by atoms with Crippen LogP contribution in [0.15, 0.2) is 30.3 Å². The van der Waals surface area contributed by atoms with Crippen molar-refractivity contribution in [3.8, 4) is 0 Å². The van der Waals surface area contributed by atoms with E-state index in [0.717, 1.165) is 5.56 Å². The molecule has 1 aromatic carbocycles. The van der Waals surface area contributed by atoms with Gasteiger partial charge in [-0.2, -0.15) is 0 Å². The van der Waals surface area contributed by atoms with Crippen molar-refractivity contribution < 1.29 is 9.59 Å². The maximum absolute atomic E-state index is 11.5. The van der Waals surface area contributed by atoms with E-state index in [1.807, 2.05) is 11.4 Å². The van der Waals surface area contributed by atoms with E-state index >= 15 is 0 Å². The summed E-state index contributed by atoms with van der Waals surface area (Å²) >= 11 is 0. The number of amides is 3. The van der Waals surface area contributed by atoms with Gasteiger partial charge in [0.05, 0.1) is 5.92 Å². The second kappa shape index (κ2) is 5.11. The lowest BCUT2D eigenvalue weighted by atomic mass is 9.98. The average molecular weight is 207 g/mol. The number of urea groups is 1. The fourth-order valence-corrected chi connectivity index (χ4v) is 1.29. The lowest BCUT2D eigenvalue weighted by Gasteiger charge is -2.13. The SMILES string of the molecule is NCC(C(=O)NC(N)=O)c1ccccc1. The molecule has 15 heavy (non-hydrogen) atoms. The van der Waals surface area contributed by atoms with Crippen molar-refractivity contribution in [3.63, 3.8) is 0 Å². The highest BCUT2D eigenvalue weighted by Gasteiger charge is 2.19. The molecule has 1 aromatic rings. The molecule has 80 valence electrons. The number of primary amides is 1. The number of carbonyl (C=O) groups is 2. The molecular formula is C10H13N3O2. The fraction of sp³-hybridized carbons (Fsp3) is 0.200. The Morgan fingerprint density at radius 1 is 1.27 bits per heavy atom. The molecule has 0 radical (unpaired) electrons. The molecule has 1 rings (SSSR count). The highest BCUT2D eigenvalue weighted by molar-refractivity contribution is 5.97. The third-order valence-corrected chi connectivity index (χ3v) is 2.00. The summed E-state index contributed by atoms with van der Waals surface area (Å²) in [6.45, 7) is 0.128. The summed E-state index contributed by atoms with van der Waals surface area (Å²) in [5.74, 6) is -1.02. The third kappa shape index (κ3) is 3.07. The van der Waals surface area contributed by atoms with Crippen molar-refractivity contribution in [3.05, 3.63) is 35.9 Å². The van der Waals surface area contributed by atoms with Crippen LogP contribution in [0.25, 0.3) is 0 Å². The maximum Gasteiger partial charge on any atom is 0.318 e. The molecular weight excluding hydrogens is 194 g/mol. The van der Waals surface area contributed by atoms with Crippen LogP contribution in [0.1, 0.15) is 11.5 Å². The van der Waals surface area contributed by atoms with E-state index < -0.39 is 17.9 Å². The zero-order valence-corrected chi connectivity index (χ0v) is 8.14. The van der Waals surface area contributed by atoms with Crippen LogP contribution in [-0.2, 0) is 4.79 Å². The molecule has 0 bridgehead atoms. The Bertz CT molecular complexity index is 351. The largest absolute Gasteiger partial charge is 0.351 e. The van der Waals surface area contributed by atoms with Gasteiger partial charge >= 0.3 is 6.03 Å². The van der Waals surface area contributed by atoms with E-state index in [-0.39, 0.29) is 6.54 Å². The zero-order chi connectivity index (χ0) is 11.3. The summed E-state index contributed by atoms with van der Waals surface area (Å²) in [4.78, 5) is 22.0. The zero-order valence-electron chi connectivity index (χ0n) is 8.14. The van der Waals surface area contributed by atoms with Crippen LogP contribution in [0.2, 0.25) is 0 Å². The van der Waals surface area contributed by atoms with Gasteiger partial charge in [-0.3, -0.25) is 10.1 Å². The molecule has 0 fully saturated rings. The number of hydrogen-bond acceptors (Lipinski definition) is 3. The quantitative estimate of drug-likeness (QED) is 0.646. The Kier molecular flexibility index (Phi) is 3.82. The number of imide groups is 1. The minimum absolute atomic E-state index is 0.128. The summed E-state index contributed by atoms with van der Waals surface area (Å²) in [5.41, 5.74) is 11.1. The number of carbonyl (C=O) groups excluding carboxylic acids is 2. The highest BCUT2D eigenvalue weighted by atomic mass is 16.2. The van der Waals surface area contributed by atoms with E-state index in [1.54, 1.807) is 24.3 Å². The normalized spacial score (nSPS) is 11.8. The van der Waals surface area contributed by atoms with Crippen molar-refractivity contribution in [2.75, 3.05) is 6.54 Å². The van der Waals surface area contributed by atoms with E-state index in [0.29, 0.717) is 0 Å². The van der Waals surface area contributed by atoms with Crippen molar-refractivity contribution >= 4 is 11.9 Å². The summed E-state index contributed by atoms with van der Waals surface area (Å²) in [5, 5.41) is 2.01. The number of nitrogens with one attached hydrogen (secondary N) is 1. The van der Waals surface area contributed by atoms with Gasteiger partial charge in [-0.1, -0.05) is 30.3 Å². The van der Waals surface area contributed by atoms with E-state index in [2.05, 4.69) is 0 Å². The number of hydrogen-bond donors (Lipinski definition) is 3. The van der Waals surface area contributed by atoms with Gasteiger partial charge in [0, 0.05) is 6.54 Å². The van der Waals surface area contributed by atoms with Gasteiger partial charge in [-0.15, -0.1) is 0 Å². The Labute approximate surface area is 87.4 Å². The average Bonchev–Trinajstić information content (AvgIpc) is 2.19. The molecule has 3 amide bonds. The lowest BCUT2D eigenvalue weighted by molar-refractivity contribution is -0.121. The number of nitrogens with two attached hydrogens (primary N) is 2. The van der Waals surface area contributed by atoms with Gasteiger partial charge in [0.25, 0.3) is 0 Å².